The van der Waals surface area contributed by atoms with E-state index in [1.54, 1.807) is 12.1 Å². The molecule has 1 amide bonds. The monoisotopic (exact) mass is 496 g/mol. The summed E-state index contributed by atoms with van der Waals surface area (Å²) in [6, 6.07) is 17.9. The maximum Gasteiger partial charge on any atom is 0.276 e. The van der Waals surface area contributed by atoms with Gasteiger partial charge in [0.25, 0.3) is 11.5 Å². The average molecular weight is 497 g/mol. The smallest absolute Gasteiger partial charge is 0.276 e. The molecular weight excluding hydrogens is 468 g/mol. The zero-order valence-electron chi connectivity index (χ0n) is 19.5. The summed E-state index contributed by atoms with van der Waals surface area (Å²) in [4.78, 5) is 25.0. The number of piperidine rings is 1. The van der Waals surface area contributed by atoms with Crippen LogP contribution >= 0.6 is 0 Å². The minimum absolute atomic E-state index is 0.0586. The summed E-state index contributed by atoms with van der Waals surface area (Å²) in [6.45, 7) is 3.47. The van der Waals surface area contributed by atoms with E-state index in [1.165, 1.54) is 33.3 Å². The molecule has 10 heteroatoms. The van der Waals surface area contributed by atoms with E-state index in [2.05, 4.69) is 10.4 Å². The molecule has 1 fully saturated rings. The van der Waals surface area contributed by atoms with Gasteiger partial charge < -0.3 is 10.1 Å². The van der Waals surface area contributed by atoms with Crippen LogP contribution in [0.25, 0.3) is 0 Å². The van der Waals surface area contributed by atoms with Gasteiger partial charge in [-0.3, -0.25) is 9.59 Å². The summed E-state index contributed by atoms with van der Waals surface area (Å²) in [7, 11) is -3.57. The third-order valence-corrected chi connectivity index (χ3v) is 7.66. The lowest BCUT2D eigenvalue weighted by Gasteiger charge is -2.30. The van der Waals surface area contributed by atoms with Crippen molar-refractivity contribution in [2.45, 2.75) is 31.2 Å². The standard InChI is InChI=1S/C25H28N4O5S/c1-19-6-5-15-28(18-19)35(32,33)22-11-9-20(10-12-22)26-25(31)23-13-14-24(30)29(27-23)16-17-34-21-7-3-2-4-8-21/h2-4,7-14,19H,5-6,15-18H2,1H3,(H,26,31). The molecule has 0 aliphatic carbocycles. The number of aromatic nitrogens is 2. The van der Waals surface area contributed by atoms with Crippen molar-refractivity contribution in [3.8, 4) is 5.75 Å². The van der Waals surface area contributed by atoms with Gasteiger partial charge in [-0.05, 0) is 61.2 Å². The van der Waals surface area contributed by atoms with Gasteiger partial charge in [-0.1, -0.05) is 25.1 Å². The van der Waals surface area contributed by atoms with E-state index >= 15 is 0 Å². The predicted octanol–water partition coefficient (Wildman–Crippen LogP) is 3.00. The molecule has 3 aromatic rings. The molecule has 4 rings (SSSR count). The molecular formula is C25H28N4O5S. The van der Waals surface area contributed by atoms with Crippen molar-refractivity contribution in [2.24, 2.45) is 5.92 Å². The molecule has 184 valence electrons. The van der Waals surface area contributed by atoms with E-state index < -0.39 is 15.9 Å². The molecule has 0 bridgehead atoms. The number of nitrogens with one attached hydrogen (secondary N) is 1. The molecule has 1 N–H and O–H groups in total. The highest BCUT2D eigenvalue weighted by atomic mass is 32.2. The second kappa shape index (κ2) is 10.8. The van der Waals surface area contributed by atoms with Crippen LogP contribution in [-0.2, 0) is 16.6 Å². The van der Waals surface area contributed by atoms with Gasteiger partial charge in [-0.25, -0.2) is 13.1 Å². The summed E-state index contributed by atoms with van der Waals surface area (Å²) in [5.74, 6) is 0.496. The molecule has 2 aromatic carbocycles. The van der Waals surface area contributed by atoms with Crippen LogP contribution in [0.1, 0.15) is 30.3 Å². The highest BCUT2D eigenvalue weighted by Crippen LogP contribution is 2.24. The lowest BCUT2D eigenvalue weighted by atomic mass is 10.0. The molecule has 1 aliphatic heterocycles. The van der Waals surface area contributed by atoms with Gasteiger partial charge in [0.2, 0.25) is 10.0 Å². The Morgan fingerprint density at radius 1 is 1.09 bits per heavy atom. The second-order valence-corrected chi connectivity index (χ2v) is 10.5. The summed E-state index contributed by atoms with van der Waals surface area (Å²) in [5, 5.41) is 6.83. The van der Waals surface area contributed by atoms with Crippen molar-refractivity contribution >= 4 is 21.6 Å². The Kier molecular flexibility index (Phi) is 7.62. The minimum atomic E-state index is -3.57. The lowest BCUT2D eigenvalue weighted by Crippen LogP contribution is -2.39. The fraction of sp³-hybridized carbons (Fsp3) is 0.320. The molecule has 1 aliphatic rings. The Morgan fingerprint density at radius 3 is 2.54 bits per heavy atom. The van der Waals surface area contributed by atoms with Gasteiger partial charge in [0.1, 0.15) is 18.1 Å². The number of benzene rings is 2. The first kappa shape index (κ1) is 24.6. The Bertz CT molecular complexity index is 1320. The fourth-order valence-corrected chi connectivity index (χ4v) is 5.51. The van der Waals surface area contributed by atoms with Crippen LogP contribution in [0.3, 0.4) is 0 Å². The highest BCUT2D eigenvalue weighted by molar-refractivity contribution is 7.89. The molecule has 1 aromatic heterocycles. The van der Waals surface area contributed by atoms with E-state index in [9.17, 15) is 18.0 Å². The number of rotatable bonds is 8. The largest absolute Gasteiger partial charge is 0.492 e. The second-order valence-electron chi connectivity index (χ2n) is 8.53. The Labute approximate surface area is 204 Å². The minimum Gasteiger partial charge on any atom is -0.492 e. The quantitative estimate of drug-likeness (QED) is 0.513. The Hall–Kier alpha value is -3.50. The topological polar surface area (TPSA) is 111 Å². The number of amides is 1. The summed E-state index contributed by atoms with van der Waals surface area (Å²) in [6.07, 6.45) is 1.88. The maximum atomic E-state index is 12.9. The van der Waals surface area contributed by atoms with E-state index in [0.717, 1.165) is 12.8 Å². The zero-order chi connectivity index (χ0) is 24.8. The fourth-order valence-electron chi connectivity index (χ4n) is 3.92. The molecule has 9 nitrogen and oxygen atoms in total. The number of anilines is 1. The van der Waals surface area contributed by atoms with Crippen LogP contribution in [-0.4, -0.2) is 48.1 Å². The predicted molar refractivity (Wildman–Crippen MR) is 132 cm³/mol. The van der Waals surface area contributed by atoms with Crippen LogP contribution in [0.15, 0.2) is 76.4 Å². The summed E-state index contributed by atoms with van der Waals surface area (Å²) < 4.78 is 34.1. The van der Waals surface area contributed by atoms with Gasteiger partial charge in [0, 0.05) is 24.8 Å². The van der Waals surface area contributed by atoms with Gasteiger partial charge in [-0.2, -0.15) is 9.40 Å². The molecule has 0 saturated carbocycles. The number of hydrogen-bond acceptors (Lipinski definition) is 6. The van der Waals surface area contributed by atoms with Gasteiger partial charge >= 0.3 is 0 Å². The Balaban J connectivity index is 1.39. The van der Waals surface area contributed by atoms with Crippen molar-refractivity contribution in [3.05, 3.63) is 82.8 Å². The normalized spacial score (nSPS) is 16.5. The van der Waals surface area contributed by atoms with E-state index in [4.69, 9.17) is 4.74 Å². The first-order valence-corrected chi connectivity index (χ1v) is 12.9. The number of carbonyl (C=O) groups is 1. The summed E-state index contributed by atoms with van der Waals surface area (Å²) in [5.41, 5.74) is 0.135. The maximum absolute atomic E-state index is 12.9. The molecule has 1 saturated heterocycles. The van der Waals surface area contributed by atoms with Crippen LogP contribution in [0.5, 0.6) is 5.75 Å². The first-order chi connectivity index (χ1) is 16.8. The van der Waals surface area contributed by atoms with Gasteiger partial charge in [0.15, 0.2) is 0 Å². The van der Waals surface area contributed by atoms with E-state index in [0.29, 0.717) is 30.4 Å². The van der Waals surface area contributed by atoms with Crippen molar-refractivity contribution < 1.29 is 17.9 Å². The Morgan fingerprint density at radius 2 is 1.83 bits per heavy atom. The van der Waals surface area contributed by atoms with Crippen molar-refractivity contribution in [2.75, 3.05) is 25.0 Å². The molecule has 0 spiro atoms. The van der Waals surface area contributed by atoms with E-state index in [-0.39, 0.29) is 29.3 Å². The third kappa shape index (κ3) is 6.14. The zero-order valence-corrected chi connectivity index (χ0v) is 20.3. The third-order valence-electron chi connectivity index (χ3n) is 5.78. The summed E-state index contributed by atoms with van der Waals surface area (Å²) >= 11 is 0. The van der Waals surface area contributed by atoms with Crippen molar-refractivity contribution in [1.82, 2.24) is 14.1 Å². The van der Waals surface area contributed by atoms with Crippen LogP contribution in [0.2, 0.25) is 0 Å². The van der Waals surface area contributed by atoms with Crippen molar-refractivity contribution in [1.29, 1.82) is 0 Å². The average Bonchev–Trinajstić information content (AvgIpc) is 2.86. The number of sulfonamides is 1. The number of carbonyl (C=O) groups excluding carboxylic acids is 1. The van der Waals surface area contributed by atoms with Gasteiger partial charge in [-0.15, -0.1) is 0 Å². The molecule has 2 heterocycles. The van der Waals surface area contributed by atoms with Gasteiger partial charge in [0.05, 0.1) is 11.4 Å². The number of nitrogens with zero attached hydrogens (tertiary/aromatic N) is 3. The molecule has 1 atom stereocenters. The molecule has 0 radical (unpaired) electrons. The van der Waals surface area contributed by atoms with Crippen LogP contribution < -0.4 is 15.6 Å². The first-order valence-electron chi connectivity index (χ1n) is 11.5. The van der Waals surface area contributed by atoms with Crippen LogP contribution in [0, 0.1) is 5.92 Å². The van der Waals surface area contributed by atoms with E-state index in [1.807, 2.05) is 37.3 Å². The lowest BCUT2D eigenvalue weighted by molar-refractivity contribution is 0.101. The van der Waals surface area contributed by atoms with Crippen LogP contribution in [0.4, 0.5) is 5.69 Å². The molecule has 35 heavy (non-hydrogen) atoms. The van der Waals surface area contributed by atoms with Crippen molar-refractivity contribution in [3.63, 3.8) is 0 Å². The number of ether oxygens (including phenoxy) is 1. The number of hydrogen-bond donors (Lipinski definition) is 1. The molecule has 1 unspecified atom stereocenters. The SMILES string of the molecule is CC1CCCN(S(=O)(=O)c2ccc(NC(=O)c3ccc(=O)n(CCOc4ccccc4)n3)cc2)C1. The highest BCUT2D eigenvalue weighted by Gasteiger charge is 2.28. The number of para-hydroxylation sites is 1.